The normalized spacial score (nSPS) is 15.2. The Morgan fingerprint density at radius 3 is 2.37 bits per heavy atom. The summed E-state index contributed by atoms with van der Waals surface area (Å²) in [5.41, 5.74) is 0.842. The molecular weight excluding hydrogens is 409 g/mol. The Morgan fingerprint density at radius 2 is 1.77 bits per heavy atom. The average Bonchev–Trinajstić information content (AvgIpc) is 2.86. The average molecular weight is 436 g/mol. The van der Waals surface area contributed by atoms with Crippen LogP contribution in [-0.4, -0.2) is 44.2 Å². The lowest BCUT2D eigenvalue weighted by atomic mass is 9.96. The van der Waals surface area contributed by atoms with Gasteiger partial charge < -0.3 is 10.0 Å². The van der Waals surface area contributed by atoms with Crippen molar-refractivity contribution in [3.05, 3.63) is 54.3 Å². The fourth-order valence-corrected chi connectivity index (χ4v) is 5.25. The van der Waals surface area contributed by atoms with Gasteiger partial charge in [0.1, 0.15) is 5.82 Å². The van der Waals surface area contributed by atoms with Crippen molar-refractivity contribution < 1.29 is 22.7 Å². The number of amides is 1. The molecule has 162 valence electrons. The molecule has 0 saturated carbocycles. The lowest BCUT2D eigenvalue weighted by molar-refractivity contribution is 0.126. The molecule has 1 amide bonds. The molecule has 0 aromatic heterocycles. The van der Waals surface area contributed by atoms with Crippen LogP contribution in [0.25, 0.3) is 0 Å². The standard InChI is InChI=1S/C21H26FN3O4S/c1-21(2,3)15-23(20(26)27)12-7-13-24-19-14-16(22)10-11-18(19)25(30(24,28)29)17-8-5-4-6-9-17/h4-6,8-11,14H,7,12-13,15H2,1-3H3,(H,26,27). The second kappa shape index (κ2) is 8.14. The fourth-order valence-electron chi connectivity index (χ4n) is 3.51. The molecule has 2 aromatic carbocycles. The van der Waals surface area contributed by atoms with E-state index in [4.69, 9.17) is 0 Å². The van der Waals surface area contributed by atoms with Crippen molar-refractivity contribution in [2.75, 3.05) is 28.2 Å². The van der Waals surface area contributed by atoms with E-state index in [1.54, 1.807) is 30.3 Å². The molecule has 0 radical (unpaired) electrons. The van der Waals surface area contributed by atoms with Crippen molar-refractivity contribution in [2.45, 2.75) is 27.2 Å². The van der Waals surface area contributed by atoms with Crippen LogP contribution in [0.4, 0.5) is 26.2 Å². The van der Waals surface area contributed by atoms with Crippen molar-refractivity contribution >= 4 is 33.4 Å². The number of rotatable bonds is 6. The summed E-state index contributed by atoms with van der Waals surface area (Å²) in [5, 5.41) is 9.45. The lowest BCUT2D eigenvalue weighted by Crippen LogP contribution is -2.40. The Hall–Kier alpha value is -2.81. The first kappa shape index (κ1) is 21.9. The second-order valence-corrected chi connectivity index (χ2v) is 10.1. The Labute approximate surface area is 176 Å². The van der Waals surface area contributed by atoms with E-state index in [9.17, 15) is 22.7 Å². The van der Waals surface area contributed by atoms with Crippen LogP contribution in [0, 0.1) is 11.2 Å². The van der Waals surface area contributed by atoms with E-state index in [0.717, 1.165) is 4.31 Å². The number of benzene rings is 2. The summed E-state index contributed by atoms with van der Waals surface area (Å²) >= 11 is 0. The van der Waals surface area contributed by atoms with Gasteiger partial charge in [-0.25, -0.2) is 13.5 Å². The number of carbonyl (C=O) groups is 1. The molecule has 0 atom stereocenters. The lowest BCUT2D eigenvalue weighted by Gasteiger charge is -2.28. The van der Waals surface area contributed by atoms with Gasteiger partial charge in [0.2, 0.25) is 0 Å². The van der Waals surface area contributed by atoms with Gasteiger partial charge in [-0.05, 0) is 36.1 Å². The third kappa shape index (κ3) is 4.51. The number of carboxylic acid groups (broad SMARTS) is 1. The zero-order valence-corrected chi connectivity index (χ0v) is 18.1. The minimum atomic E-state index is -3.98. The molecule has 0 spiro atoms. The van der Waals surface area contributed by atoms with E-state index in [1.807, 2.05) is 20.8 Å². The summed E-state index contributed by atoms with van der Waals surface area (Å²) in [6.07, 6.45) is -0.772. The van der Waals surface area contributed by atoms with Crippen LogP contribution in [0.5, 0.6) is 0 Å². The smallest absolute Gasteiger partial charge is 0.407 e. The molecule has 1 N–H and O–H groups in total. The predicted octanol–water partition coefficient (Wildman–Crippen LogP) is 4.44. The van der Waals surface area contributed by atoms with Gasteiger partial charge in [0.05, 0.1) is 17.1 Å². The van der Waals surface area contributed by atoms with Crippen molar-refractivity contribution in [3.8, 4) is 0 Å². The summed E-state index contributed by atoms with van der Waals surface area (Å²) < 4.78 is 42.9. The summed E-state index contributed by atoms with van der Waals surface area (Å²) in [5.74, 6) is -0.538. The number of fused-ring (bicyclic) bond motifs is 1. The molecular formula is C21H26FN3O4S. The van der Waals surface area contributed by atoms with Crippen LogP contribution in [0.1, 0.15) is 27.2 Å². The zero-order chi connectivity index (χ0) is 22.1. The Bertz CT molecular complexity index is 1020. The Kier molecular flexibility index (Phi) is 5.94. The quantitative estimate of drug-likeness (QED) is 0.727. The highest BCUT2D eigenvalue weighted by Crippen LogP contribution is 2.45. The SMILES string of the molecule is CC(C)(C)CN(CCCN1c2cc(F)ccc2N(c2ccccc2)S1(=O)=O)C(=O)O. The third-order valence-electron chi connectivity index (χ3n) is 4.65. The molecule has 1 heterocycles. The molecule has 2 aromatic rings. The molecule has 0 unspecified atom stereocenters. The Balaban J connectivity index is 1.86. The summed E-state index contributed by atoms with van der Waals surface area (Å²) in [6.45, 7) is 6.35. The summed E-state index contributed by atoms with van der Waals surface area (Å²) in [4.78, 5) is 12.8. The highest BCUT2D eigenvalue weighted by Gasteiger charge is 2.41. The maximum absolute atomic E-state index is 13.9. The molecule has 3 rings (SSSR count). The minimum Gasteiger partial charge on any atom is -0.465 e. The van der Waals surface area contributed by atoms with Gasteiger partial charge in [0, 0.05) is 25.7 Å². The number of para-hydroxylation sites is 1. The van der Waals surface area contributed by atoms with E-state index >= 15 is 0 Å². The van der Waals surface area contributed by atoms with Crippen LogP contribution < -0.4 is 8.61 Å². The molecule has 7 nitrogen and oxygen atoms in total. The molecule has 1 aliphatic rings. The molecule has 1 aliphatic heterocycles. The Morgan fingerprint density at radius 1 is 1.10 bits per heavy atom. The maximum Gasteiger partial charge on any atom is 0.407 e. The predicted molar refractivity (Wildman–Crippen MR) is 115 cm³/mol. The second-order valence-electron chi connectivity index (χ2n) is 8.43. The van der Waals surface area contributed by atoms with E-state index in [-0.39, 0.29) is 30.6 Å². The topological polar surface area (TPSA) is 81.2 Å². The van der Waals surface area contributed by atoms with Crippen LogP contribution in [-0.2, 0) is 10.2 Å². The van der Waals surface area contributed by atoms with Gasteiger partial charge in [-0.2, -0.15) is 8.42 Å². The number of halogens is 1. The number of hydrogen-bond donors (Lipinski definition) is 1. The van der Waals surface area contributed by atoms with Crippen molar-refractivity contribution in [1.29, 1.82) is 0 Å². The zero-order valence-electron chi connectivity index (χ0n) is 17.2. The third-order valence-corrected chi connectivity index (χ3v) is 6.46. The van der Waals surface area contributed by atoms with E-state index in [0.29, 0.717) is 17.9 Å². The summed E-state index contributed by atoms with van der Waals surface area (Å²) in [6, 6.07) is 12.4. The first-order valence-corrected chi connectivity index (χ1v) is 11.1. The van der Waals surface area contributed by atoms with E-state index in [2.05, 4.69) is 0 Å². The van der Waals surface area contributed by atoms with E-state index in [1.165, 1.54) is 27.4 Å². The molecule has 0 fully saturated rings. The highest BCUT2D eigenvalue weighted by atomic mass is 32.2. The monoisotopic (exact) mass is 435 g/mol. The highest BCUT2D eigenvalue weighted by molar-refractivity contribution is 7.95. The maximum atomic E-state index is 13.9. The number of nitrogens with zero attached hydrogens (tertiary/aromatic N) is 3. The number of hydrogen-bond acceptors (Lipinski definition) is 3. The van der Waals surface area contributed by atoms with Gasteiger partial charge in [0.15, 0.2) is 0 Å². The first-order valence-electron chi connectivity index (χ1n) is 9.66. The van der Waals surface area contributed by atoms with Gasteiger partial charge in [-0.3, -0.25) is 4.31 Å². The van der Waals surface area contributed by atoms with Crippen molar-refractivity contribution in [1.82, 2.24) is 4.90 Å². The molecule has 0 aliphatic carbocycles. The molecule has 9 heteroatoms. The van der Waals surface area contributed by atoms with Gasteiger partial charge in [-0.1, -0.05) is 39.0 Å². The fraction of sp³-hybridized carbons (Fsp3) is 0.381. The van der Waals surface area contributed by atoms with Gasteiger partial charge in [0.25, 0.3) is 0 Å². The van der Waals surface area contributed by atoms with Crippen molar-refractivity contribution in [3.63, 3.8) is 0 Å². The van der Waals surface area contributed by atoms with Crippen molar-refractivity contribution in [2.24, 2.45) is 5.41 Å². The summed E-state index contributed by atoms with van der Waals surface area (Å²) in [7, 11) is -3.98. The number of anilines is 3. The van der Waals surface area contributed by atoms with Crippen LogP contribution in [0.2, 0.25) is 0 Å². The van der Waals surface area contributed by atoms with Gasteiger partial charge >= 0.3 is 16.3 Å². The van der Waals surface area contributed by atoms with Gasteiger partial charge in [-0.15, -0.1) is 0 Å². The molecule has 0 saturated heterocycles. The molecule has 30 heavy (non-hydrogen) atoms. The first-order chi connectivity index (χ1) is 14.0. The van der Waals surface area contributed by atoms with Crippen LogP contribution in [0.15, 0.2) is 48.5 Å². The largest absolute Gasteiger partial charge is 0.465 e. The van der Waals surface area contributed by atoms with Crippen LogP contribution >= 0.6 is 0 Å². The minimum absolute atomic E-state index is 0.0377. The van der Waals surface area contributed by atoms with E-state index < -0.39 is 22.1 Å². The van der Waals surface area contributed by atoms with Crippen LogP contribution in [0.3, 0.4) is 0 Å². The molecule has 0 bridgehead atoms.